The molecule has 1 aliphatic rings. The highest BCUT2D eigenvalue weighted by Crippen LogP contribution is 2.24. The Balaban J connectivity index is 2.25. The Labute approximate surface area is 108 Å². The van der Waals surface area contributed by atoms with Crippen molar-refractivity contribution in [2.75, 3.05) is 24.3 Å². The molecule has 1 saturated heterocycles. The van der Waals surface area contributed by atoms with E-state index < -0.39 is 0 Å². The Morgan fingerprint density at radius 1 is 1.33 bits per heavy atom. The van der Waals surface area contributed by atoms with Crippen LogP contribution in [0.4, 0.5) is 11.6 Å². The second-order valence-corrected chi connectivity index (χ2v) is 4.68. The second kappa shape index (κ2) is 5.52. The summed E-state index contributed by atoms with van der Waals surface area (Å²) in [4.78, 5) is 9.05. The topological polar surface area (TPSA) is 59.1 Å². The van der Waals surface area contributed by atoms with Crippen molar-refractivity contribution in [1.82, 2.24) is 9.97 Å². The molecule has 1 aromatic rings. The van der Waals surface area contributed by atoms with E-state index in [0.717, 1.165) is 42.5 Å². The van der Waals surface area contributed by atoms with Crippen molar-refractivity contribution in [2.45, 2.75) is 45.8 Å². The average Bonchev–Trinajstić information content (AvgIpc) is 2.77. The molecule has 18 heavy (non-hydrogen) atoms. The van der Waals surface area contributed by atoms with E-state index in [2.05, 4.69) is 34.4 Å². The third-order valence-electron chi connectivity index (χ3n) is 3.44. The van der Waals surface area contributed by atoms with Gasteiger partial charge in [-0.05, 0) is 20.3 Å². The minimum atomic E-state index is 0.238. The molecule has 2 rings (SSSR count). The molecule has 2 heterocycles. The first-order chi connectivity index (χ1) is 8.65. The maximum absolute atomic E-state index is 5.57. The van der Waals surface area contributed by atoms with Crippen LogP contribution in [0.25, 0.3) is 0 Å². The van der Waals surface area contributed by atoms with Crippen LogP contribution >= 0.6 is 0 Å². The lowest BCUT2D eigenvalue weighted by atomic mass is 10.1. The van der Waals surface area contributed by atoms with Crippen LogP contribution in [-0.4, -0.2) is 35.8 Å². The van der Waals surface area contributed by atoms with Crippen LogP contribution < -0.4 is 10.6 Å². The zero-order valence-corrected chi connectivity index (χ0v) is 11.6. The summed E-state index contributed by atoms with van der Waals surface area (Å²) < 4.78 is 5.57. The van der Waals surface area contributed by atoms with Gasteiger partial charge >= 0.3 is 0 Å². The summed E-state index contributed by atoms with van der Waals surface area (Å²) in [7, 11) is 1.89. The predicted octanol–water partition coefficient (Wildman–Crippen LogP) is 1.98. The number of hydrogen-bond donors (Lipinski definition) is 2. The van der Waals surface area contributed by atoms with Crippen LogP contribution in [0.1, 0.15) is 31.7 Å². The summed E-state index contributed by atoms with van der Waals surface area (Å²) >= 11 is 0. The number of aromatic nitrogens is 2. The molecule has 0 saturated carbocycles. The van der Waals surface area contributed by atoms with Crippen LogP contribution in [-0.2, 0) is 11.2 Å². The molecule has 2 N–H and O–H groups in total. The van der Waals surface area contributed by atoms with Crippen molar-refractivity contribution in [3.63, 3.8) is 0 Å². The van der Waals surface area contributed by atoms with E-state index >= 15 is 0 Å². The minimum absolute atomic E-state index is 0.238. The van der Waals surface area contributed by atoms with Gasteiger partial charge in [0.05, 0.1) is 12.1 Å². The van der Waals surface area contributed by atoms with Crippen molar-refractivity contribution in [2.24, 2.45) is 0 Å². The molecule has 0 aliphatic carbocycles. The van der Waals surface area contributed by atoms with Crippen molar-refractivity contribution in [3.8, 4) is 0 Å². The average molecular weight is 250 g/mol. The fraction of sp³-hybridized carbons (Fsp3) is 0.692. The smallest absolute Gasteiger partial charge is 0.135 e. The van der Waals surface area contributed by atoms with E-state index in [1.165, 1.54) is 0 Å². The maximum atomic E-state index is 5.57. The molecule has 1 aliphatic heterocycles. The van der Waals surface area contributed by atoms with Gasteiger partial charge in [0.25, 0.3) is 0 Å². The summed E-state index contributed by atoms with van der Waals surface area (Å²) in [6.07, 6.45) is 2.10. The van der Waals surface area contributed by atoms with Gasteiger partial charge in [0.15, 0.2) is 0 Å². The predicted molar refractivity (Wildman–Crippen MR) is 73.1 cm³/mol. The lowest BCUT2D eigenvalue weighted by molar-refractivity contribution is 0.121. The third-order valence-corrected chi connectivity index (χ3v) is 3.44. The lowest BCUT2D eigenvalue weighted by Gasteiger charge is -2.19. The van der Waals surface area contributed by atoms with Gasteiger partial charge in [0, 0.05) is 25.6 Å². The molecular weight excluding hydrogens is 228 g/mol. The highest BCUT2D eigenvalue weighted by atomic mass is 16.5. The quantitative estimate of drug-likeness (QED) is 0.855. The lowest BCUT2D eigenvalue weighted by Crippen LogP contribution is -2.28. The van der Waals surface area contributed by atoms with Gasteiger partial charge in [-0.1, -0.05) is 6.92 Å². The molecule has 5 heteroatoms. The van der Waals surface area contributed by atoms with Crippen LogP contribution in [0, 0.1) is 6.92 Å². The van der Waals surface area contributed by atoms with Crippen LogP contribution in [0.5, 0.6) is 0 Å². The number of aryl methyl sites for hydroxylation is 1. The summed E-state index contributed by atoms with van der Waals surface area (Å²) in [5, 5.41) is 6.62. The molecule has 0 radical (unpaired) electrons. The van der Waals surface area contributed by atoms with Gasteiger partial charge in [-0.3, -0.25) is 0 Å². The molecule has 2 atom stereocenters. The van der Waals surface area contributed by atoms with E-state index in [4.69, 9.17) is 4.74 Å². The Hall–Kier alpha value is -1.36. The van der Waals surface area contributed by atoms with E-state index in [9.17, 15) is 0 Å². The van der Waals surface area contributed by atoms with Gasteiger partial charge in [-0.15, -0.1) is 0 Å². The highest BCUT2D eigenvalue weighted by molar-refractivity contribution is 5.57. The molecule has 0 spiro atoms. The molecule has 0 aromatic carbocycles. The largest absolute Gasteiger partial charge is 0.376 e. The monoisotopic (exact) mass is 250 g/mol. The van der Waals surface area contributed by atoms with Crippen molar-refractivity contribution in [3.05, 3.63) is 11.4 Å². The molecule has 5 nitrogen and oxygen atoms in total. The zero-order valence-electron chi connectivity index (χ0n) is 11.6. The Morgan fingerprint density at radius 3 is 2.61 bits per heavy atom. The SMILES string of the molecule is CCc1nc(NC)c(C)c(NC2CCOC2C)n1. The van der Waals surface area contributed by atoms with Crippen molar-refractivity contribution < 1.29 is 4.74 Å². The second-order valence-electron chi connectivity index (χ2n) is 4.68. The first-order valence-electron chi connectivity index (χ1n) is 6.59. The fourth-order valence-corrected chi connectivity index (χ4v) is 2.20. The summed E-state index contributed by atoms with van der Waals surface area (Å²) in [5.74, 6) is 2.68. The van der Waals surface area contributed by atoms with E-state index in [0.29, 0.717) is 6.04 Å². The van der Waals surface area contributed by atoms with Gasteiger partial charge in [0.1, 0.15) is 17.5 Å². The van der Waals surface area contributed by atoms with Gasteiger partial charge in [-0.2, -0.15) is 0 Å². The van der Waals surface area contributed by atoms with Gasteiger partial charge < -0.3 is 15.4 Å². The highest BCUT2D eigenvalue weighted by Gasteiger charge is 2.25. The zero-order chi connectivity index (χ0) is 13.1. The number of rotatable bonds is 4. The van der Waals surface area contributed by atoms with Crippen LogP contribution in [0.2, 0.25) is 0 Å². The number of hydrogen-bond acceptors (Lipinski definition) is 5. The number of anilines is 2. The molecule has 1 fully saturated rings. The Kier molecular flexibility index (Phi) is 4.01. The molecule has 1 aromatic heterocycles. The van der Waals surface area contributed by atoms with E-state index in [1.54, 1.807) is 0 Å². The minimum Gasteiger partial charge on any atom is -0.376 e. The number of ether oxygens (including phenoxy) is 1. The Bertz CT molecular complexity index is 422. The Morgan fingerprint density at radius 2 is 2.06 bits per heavy atom. The summed E-state index contributed by atoms with van der Waals surface area (Å²) in [6.45, 7) is 7.02. The normalized spacial score (nSPS) is 23.1. The van der Waals surface area contributed by atoms with Crippen LogP contribution in [0.15, 0.2) is 0 Å². The van der Waals surface area contributed by atoms with E-state index in [1.807, 2.05) is 14.0 Å². The summed E-state index contributed by atoms with van der Waals surface area (Å²) in [5.41, 5.74) is 1.06. The van der Waals surface area contributed by atoms with Gasteiger partial charge in [-0.25, -0.2) is 9.97 Å². The number of nitrogens with one attached hydrogen (secondary N) is 2. The van der Waals surface area contributed by atoms with E-state index in [-0.39, 0.29) is 6.10 Å². The first kappa shape index (κ1) is 13.1. The number of nitrogens with zero attached hydrogens (tertiary/aromatic N) is 2. The molecular formula is C13H22N4O. The maximum Gasteiger partial charge on any atom is 0.135 e. The van der Waals surface area contributed by atoms with Gasteiger partial charge in [0.2, 0.25) is 0 Å². The molecule has 0 bridgehead atoms. The van der Waals surface area contributed by atoms with Crippen LogP contribution in [0.3, 0.4) is 0 Å². The summed E-state index contributed by atoms with van der Waals surface area (Å²) in [6, 6.07) is 0.341. The first-order valence-corrected chi connectivity index (χ1v) is 6.59. The molecule has 0 amide bonds. The van der Waals surface area contributed by atoms with Crippen molar-refractivity contribution >= 4 is 11.6 Å². The molecule has 2 unspecified atom stereocenters. The fourth-order valence-electron chi connectivity index (χ4n) is 2.20. The molecule has 100 valence electrons. The standard InChI is InChI=1S/C13H22N4O/c1-5-11-16-12(14-4)8(2)13(17-11)15-10-6-7-18-9(10)3/h9-10H,5-7H2,1-4H3,(H2,14,15,16,17). The third kappa shape index (κ3) is 2.56. The van der Waals surface area contributed by atoms with Crippen molar-refractivity contribution in [1.29, 1.82) is 0 Å².